The summed E-state index contributed by atoms with van der Waals surface area (Å²) in [5.74, 6) is 0.265. The van der Waals surface area contributed by atoms with Gasteiger partial charge in [0, 0.05) is 23.4 Å². The summed E-state index contributed by atoms with van der Waals surface area (Å²) in [4.78, 5) is 4.35. The molecule has 1 unspecified atom stereocenters. The van der Waals surface area contributed by atoms with Gasteiger partial charge in [-0.3, -0.25) is 4.98 Å². The summed E-state index contributed by atoms with van der Waals surface area (Å²) in [6.07, 6.45) is 0. The predicted molar refractivity (Wildman–Crippen MR) is 81.8 cm³/mol. The van der Waals surface area contributed by atoms with Gasteiger partial charge in [-0.1, -0.05) is 19.1 Å². The van der Waals surface area contributed by atoms with Crippen molar-refractivity contribution in [2.75, 3.05) is 6.54 Å². The van der Waals surface area contributed by atoms with Gasteiger partial charge in [-0.05, 0) is 38.6 Å². The number of halogens is 1. The summed E-state index contributed by atoms with van der Waals surface area (Å²) in [7, 11) is 0. The highest BCUT2D eigenvalue weighted by Gasteiger charge is 2.11. The van der Waals surface area contributed by atoms with Crippen molar-refractivity contribution >= 4 is 0 Å². The molecule has 1 N–H and O–H groups in total. The van der Waals surface area contributed by atoms with Crippen LogP contribution in [0.1, 0.15) is 36.8 Å². The maximum atomic E-state index is 14.1. The maximum Gasteiger partial charge on any atom is 0.131 e. The molecule has 0 saturated heterocycles. The molecule has 21 heavy (non-hydrogen) atoms. The molecule has 0 fully saturated rings. The summed E-state index contributed by atoms with van der Waals surface area (Å²) >= 11 is 0. The molecule has 1 aromatic carbocycles. The fraction of sp³-hybridized carbons (Fsp3) is 0.353. The molecule has 112 valence electrons. The van der Waals surface area contributed by atoms with E-state index in [9.17, 15) is 4.39 Å². The highest BCUT2D eigenvalue weighted by molar-refractivity contribution is 5.30. The molecule has 0 bridgehead atoms. The molecule has 1 atom stereocenters. The number of hydrogen-bond acceptors (Lipinski definition) is 3. The van der Waals surface area contributed by atoms with Crippen LogP contribution < -0.4 is 10.1 Å². The Morgan fingerprint density at radius 1 is 1.29 bits per heavy atom. The van der Waals surface area contributed by atoms with Crippen LogP contribution in [-0.2, 0) is 6.61 Å². The Morgan fingerprint density at radius 2 is 2.10 bits per heavy atom. The summed E-state index contributed by atoms with van der Waals surface area (Å²) in [6.45, 7) is 7.01. The van der Waals surface area contributed by atoms with Gasteiger partial charge >= 0.3 is 0 Å². The first kappa shape index (κ1) is 15.4. The third kappa shape index (κ3) is 4.26. The molecule has 1 aromatic heterocycles. The zero-order chi connectivity index (χ0) is 15.2. The lowest BCUT2D eigenvalue weighted by Gasteiger charge is -2.14. The number of ether oxygens (including phenoxy) is 1. The van der Waals surface area contributed by atoms with Gasteiger partial charge in [0.15, 0.2) is 0 Å². The number of hydrogen-bond donors (Lipinski definition) is 1. The molecule has 2 aromatic rings. The minimum Gasteiger partial charge on any atom is -0.487 e. The second-order valence-corrected chi connectivity index (χ2v) is 5.02. The second kappa shape index (κ2) is 7.18. The maximum absolute atomic E-state index is 14.1. The van der Waals surface area contributed by atoms with Crippen LogP contribution in [-0.4, -0.2) is 11.5 Å². The van der Waals surface area contributed by atoms with Gasteiger partial charge < -0.3 is 10.1 Å². The van der Waals surface area contributed by atoms with Crippen LogP contribution in [0.4, 0.5) is 4.39 Å². The normalized spacial score (nSPS) is 12.2. The van der Waals surface area contributed by atoms with Crippen LogP contribution in [0, 0.1) is 12.7 Å². The van der Waals surface area contributed by atoms with Gasteiger partial charge in [0.05, 0.1) is 5.69 Å². The minimum atomic E-state index is -0.252. The van der Waals surface area contributed by atoms with E-state index in [0.29, 0.717) is 17.9 Å². The Hall–Kier alpha value is -1.94. The molecule has 0 aliphatic rings. The van der Waals surface area contributed by atoms with Crippen molar-refractivity contribution in [3.8, 4) is 5.75 Å². The van der Waals surface area contributed by atoms with Crippen molar-refractivity contribution in [3.63, 3.8) is 0 Å². The highest BCUT2D eigenvalue weighted by atomic mass is 19.1. The monoisotopic (exact) mass is 288 g/mol. The third-order valence-corrected chi connectivity index (χ3v) is 3.28. The number of benzene rings is 1. The number of rotatable bonds is 6. The van der Waals surface area contributed by atoms with Crippen molar-refractivity contribution in [2.24, 2.45) is 0 Å². The van der Waals surface area contributed by atoms with E-state index in [0.717, 1.165) is 17.9 Å². The lowest BCUT2D eigenvalue weighted by atomic mass is 10.1. The smallest absolute Gasteiger partial charge is 0.131 e. The van der Waals surface area contributed by atoms with Crippen molar-refractivity contribution < 1.29 is 9.13 Å². The second-order valence-electron chi connectivity index (χ2n) is 5.02. The molecule has 0 spiro atoms. The fourth-order valence-electron chi connectivity index (χ4n) is 2.20. The standard InChI is InChI=1S/C17H21FN2O/c1-4-19-13(3)16-9-8-15(10-17(16)18)21-11-14-7-5-6-12(2)20-14/h5-10,13,19H,4,11H2,1-3H3. The first-order chi connectivity index (χ1) is 10.1. The lowest BCUT2D eigenvalue weighted by Crippen LogP contribution is -2.18. The largest absolute Gasteiger partial charge is 0.487 e. The summed E-state index contributed by atoms with van der Waals surface area (Å²) in [5, 5.41) is 3.20. The summed E-state index contributed by atoms with van der Waals surface area (Å²) < 4.78 is 19.7. The van der Waals surface area contributed by atoms with E-state index in [2.05, 4.69) is 10.3 Å². The van der Waals surface area contributed by atoms with E-state index in [1.54, 1.807) is 12.1 Å². The Labute approximate surface area is 125 Å². The topological polar surface area (TPSA) is 34.1 Å². The first-order valence-electron chi connectivity index (χ1n) is 7.18. The van der Waals surface area contributed by atoms with Crippen LogP contribution in [0.3, 0.4) is 0 Å². The fourth-order valence-corrected chi connectivity index (χ4v) is 2.20. The molecular weight excluding hydrogens is 267 g/mol. The molecule has 3 nitrogen and oxygen atoms in total. The lowest BCUT2D eigenvalue weighted by molar-refractivity contribution is 0.299. The van der Waals surface area contributed by atoms with E-state index in [1.807, 2.05) is 39.0 Å². The Morgan fingerprint density at radius 3 is 2.76 bits per heavy atom. The van der Waals surface area contributed by atoms with Crippen LogP contribution in [0.5, 0.6) is 5.75 Å². The zero-order valence-electron chi connectivity index (χ0n) is 12.7. The van der Waals surface area contributed by atoms with Crippen molar-refractivity contribution in [2.45, 2.75) is 33.4 Å². The van der Waals surface area contributed by atoms with Gasteiger partial charge in [-0.25, -0.2) is 4.39 Å². The minimum absolute atomic E-state index is 0.0116. The average molecular weight is 288 g/mol. The number of pyridine rings is 1. The molecule has 0 radical (unpaired) electrons. The van der Waals surface area contributed by atoms with E-state index in [-0.39, 0.29) is 11.9 Å². The average Bonchev–Trinajstić information content (AvgIpc) is 2.45. The van der Waals surface area contributed by atoms with Gasteiger partial charge in [-0.2, -0.15) is 0 Å². The number of aromatic nitrogens is 1. The van der Waals surface area contributed by atoms with Crippen molar-refractivity contribution in [1.82, 2.24) is 10.3 Å². The third-order valence-electron chi connectivity index (χ3n) is 3.28. The Balaban J connectivity index is 2.03. The SMILES string of the molecule is CCNC(C)c1ccc(OCc2cccc(C)n2)cc1F. The number of aryl methyl sites for hydroxylation is 1. The molecule has 0 amide bonds. The van der Waals surface area contributed by atoms with Crippen LogP contribution in [0.15, 0.2) is 36.4 Å². The number of nitrogens with one attached hydrogen (secondary N) is 1. The quantitative estimate of drug-likeness (QED) is 0.878. The van der Waals surface area contributed by atoms with Gasteiger partial charge in [0.25, 0.3) is 0 Å². The van der Waals surface area contributed by atoms with Gasteiger partial charge in [-0.15, -0.1) is 0 Å². The van der Waals surface area contributed by atoms with Crippen molar-refractivity contribution in [1.29, 1.82) is 0 Å². The summed E-state index contributed by atoms with van der Waals surface area (Å²) in [5.41, 5.74) is 2.43. The number of nitrogens with zero attached hydrogens (tertiary/aromatic N) is 1. The van der Waals surface area contributed by atoms with E-state index >= 15 is 0 Å². The van der Waals surface area contributed by atoms with Gasteiger partial charge in [0.1, 0.15) is 18.2 Å². The van der Waals surface area contributed by atoms with Gasteiger partial charge in [0.2, 0.25) is 0 Å². The van der Waals surface area contributed by atoms with E-state index in [4.69, 9.17) is 4.74 Å². The van der Waals surface area contributed by atoms with E-state index in [1.165, 1.54) is 6.07 Å². The van der Waals surface area contributed by atoms with Crippen LogP contribution in [0.2, 0.25) is 0 Å². The Bertz CT molecular complexity index is 601. The van der Waals surface area contributed by atoms with Crippen LogP contribution >= 0.6 is 0 Å². The molecule has 0 aliphatic carbocycles. The molecule has 0 aliphatic heterocycles. The Kier molecular flexibility index (Phi) is 5.28. The first-order valence-corrected chi connectivity index (χ1v) is 7.18. The molecule has 0 saturated carbocycles. The van der Waals surface area contributed by atoms with Crippen molar-refractivity contribution in [3.05, 3.63) is 59.2 Å². The molecule has 4 heteroatoms. The molecular formula is C17H21FN2O. The molecule has 1 heterocycles. The molecule has 2 rings (SSSR count). The highest BCUT2D eigenvalue weighted by Crippen LogP contribution is 2.22. The summed E-state index contributed by atoms with van der Waals surface area (Å²) in [6, 6.07) is 10.7. The predicted octanol–water partition coefficient (Wildman–Crippen LogP) is 3.78. The zero-order valence-corrected chi connectivity index (χ0v) is 12.7. The van der Waals surface area contributed by atoms with E-state index < -0.39 is 0 Å². The van der Waals surface area contributed by atoms with Crippen LogP contribution in [0.25, 0.3) is 0 Å².